The fraction of sp³-hybridized carbons (Fsp3) is 0.370. The van der Waals surface area contributed by atoms with Gasteiger partial charge in [-0.05, 0) is 44.7 Å². The average molecular weight is 480 g/mol. The normalized spacial score (nSPS) is 15.1. The predicted octanol–water partition coefficient (Wildman–Crippen LogP) is 3.57. The first-order valence-electron chi connectivity index (χ1n) is 11.5. The van der Waals surface area contributed by atoms with Crippen molar-refractivity contribution < 1.29 is 28.6 Å². The number of hydrogen-bond donors (Lipinski definition) is 2. The SMILES string of the molecule is COc1cc2c(c3oc(=O)c(CC(=O)NC(Cc4ccccc4)C(=O)O)c(C)c13)CCC(C)(C)O2. The van der Waals surface area contributed by atoms with E-state index in [1.165, 1.54) is 7.11 Å². The first kappa shape index (κ1) is 24.3. The summed E-state index contributed by atoms with van der Waals surface area (Å²) in [6.45, 7) is 5.74. The quantitative estimate of drug-likeness (QED) is 0.498. The summed E-state index contributed by atoms with van der Waals surface area (Å²) in [6, 6.07) is 9.69. The van der Waals surface area contributed by atoms with Gasteiger partial charge in [-0.25, -0.2) is 9.59 Å². The summed E-state index contributed by atoms with van der Waals surface area (Å²) in [5.41, 5.74) is 1.71. The van der Waals surface area contributed by atoms with Gasteiger partial charge in [0.15, 0.2) is 0 Å². The van der Waals surface area contributed by atoms with Gasteiger partial charge in [0, 0.05) is 18.1 Å². The summed E-state index contributed by atoms with van der Waals surface area (Å²) in [5, 5.41) is 12.7. The highest BCUT2D eigenvalue weighted by Crippen LogP contribution is 2.43. The molecule has 0 bridgehead atoms. The lowest BCUT2D eigenvalue weighted by Crippen LogP contribution is -2.43. The first-order chi connectivity index (χ1) is 16.6. The zero-order chi connectivity index (χ0) is 25.3. The molecule has 1 aliphatic rings. The minimum atomic E-state index is -1.15. The second-order valence-electron chi connectivity index (χ2n) is 9.44. The highest BCUT2D eigenvalue weighted by Gasteiger charge is 2.31. The van der Waals surface area contributed by atoms with Crippen LogP contribution in [0.25, 0.3) is 11.0 Å². The Kier molecular flexibility index (Phi) is 6.56. The molecule has 8 nitrogen and oxygen atoms in total. The Balaban J connectivity index is 1.66. The van der Waals surface area contributed by atoms with E-state index in [-0.39, 0.29) is 24.0 Å². The third-order valence-electron chi connectivity index (χ3n) is 6.41. The van der Waals surface area contributed by atoms with Crippen molar-refractivity contribution in [2.45, 2.75) is 58.1 Å². The Hall–Kier alpha value is -3.81. The number of aryl methyl sites for hydroxylation is 2. The third kappa shape index (κ3) is 5.01. The maximum absolute atomic E-state index is 13.0. The lowest BCUT2D eigenvalue weighted by molar-refractivity contribution is -0.141. The topological polar surface area (TPSA) is 115 Å². The van der Waals surface area contributed by atoms with Gasteiger partial charge in [0.1, 0.15) is 28.7 Å². The molecule has 0 saturated carbocycles. The number of benzene rings is 2. The highest BCUT2D eigenvalue weighted by molar-refractivity contribution is 5.93. The summed E-state index contributed by atoms with van der Waals surface area (Å²) < 4.78 is 17.4. The number of carbonyl (C=O) groups is 2. The molecule has 2 aromatic carbocycles. The van der Waals surface area contributed by atoms with E-state index in [0.717, 1.165) is 17.5 Å². The molecular weight excluding hydrogens is 450 g/mol. The van der Waals surface area contributed by atoms with Gasteiger partial charge in [0.05, 0.1) is 24.5 Å². The molecule has 1 amide bonds. The van der Waals surface area contributed by atoms with Crippen molar-refractivity contribution >= 4 is 22.8 Å². The van der Waals surface area contributed by atoms with Crippen molar-refractivity contribution in [3.63, 3.8) is 0 Å². The zero-order valence-corrected chi connectivity index (χ0v) is 20.3. The average Bonchev–Trinajstić information content (AvgIpc) is 2.80. The third-order valence-corrected chi connectivity index (χ3v) is 6.41. The molecule has 1 unspecified atom stereocenters. The van der Waals surface area contributed by atoms with Gasteiger partial charge in [0.2, 0.25) is 5.91 Å². The second-order valence-corrected chi connectivity index (χ2v) is 9.44. The Morgan fingerprint density at radius 3 is 2.60 bits per heavy atom. The van der Waals surface area contributed by atoms with Crippen LogP contribution in [0.4, 0.5) is 0 Å². The summed E-state index contributed by atoms with van der Waals surface area (Å²) in [6.07, 6.45) is 1.24. The van der Waals surface area contributed by atoms with Crippen LogP contribution in [0, 0.1) is 6.92 Å². The summed E-state index contributed by atoms with van der Waals surface area (Å²) in [4.78, 5) is 37.5. The molecule has 1 aliphatic heterocycles. The smallest absolute Gasteiger partial charge is 0.340 e. The molecule has 0 fully saturated rings. The molecule has 2 N–H and O–H groups in total. The van der Waals surface area contributed by atoms with Gasteiger partial charge >= 0.3 is 11.6 Å². The Bertz CT molecular complexity index is 1340. The van der Waals surface area contributed by atoms with Crippen molar-refractivity contribution in [3.05, 3.63) is 69.1 Å². The number of carbonyl (C=O) groups excluding carboxylic acids is 1. The van der Waals surface area contributed by atoms with Crippen LogP contribution in [0.3, 0.4) is 0 Å². The van der Waals surface area contributed by atoms with E-state index in [1.807, 2.05) is 19.9 Å². The Morgan fingerprint density at radius 2 is 1.94 bits per heavy atom. The lowest BCUT2D eigenvalue weighted by Gasteiger charge is -2.33. The minimum absolute atomic E-state index is 0.129. The van der Waals surface area contributed by atoms with Gasteiger partial charge in [-0.15, -0.1) is 0 Å². The van der Waals surface area contributed by atoms with Crippen molar-refractivity contribution in [2.75, 3.05) is 7.11 Å². The molecule has 35 heavy (non-hydrogen) atoms. The van der Waals surface area contributed by atoms with E-state index in [2.05, 4.69) is 5.32 Å². The number of carboxylic acids is 1. The number of carboxylic acid groups (broad SMARTS) is 1. The molecule has 0 spiro atoms. The maximum Gasteiger partial charge on any atom is 0.340 e. The highest BCUT2D eigenvalue weighted by atomic mass is 16.5. The Morgan fingerprint density at radius 1 is 1.23 bits per heavy atom. The first-order valence-corrected chi connectivity index (χ1v) is 11.5. The maximum atomic E-state index is 13.0. The molecule has 8 heteroatoms. The van der Waals surface area contributed by atoms with Gasteiger partial charge in [-0.1, -0.05) is 30.3 Å². The number of ether oxygens (including phenoxy) is 2. The van der Waals surface area contributed by atoms with E-state index in [1.54, 1.807) is 37.3 Å². The van der Waals surface area contributed by atoms with E-state index in [4.69, 9.17) is 13.9 Å². The Labute approximate surface area is 202 Å². The van der Waals surface area contributed by atoms with Crippen molar-refractivity contribution in [3.8, 4) is 11.5 Å². The van der Waals surface area contributed by atoms with Gasteiger partial charge in [-0.2, -0.15) is 0 Å². The van der Waals surface area contributed by atoms with Crippen molar-refractivity contribution in [1.82, 2.24) is 5.32 Å². The number of rotatable bonds is 7. The number of nitrogens with one attached hydrogen (secondary N) is 1. The minimum Gasteiger partial charge on any atom is -0.496 e. The van der Waals surface area contributed by atoms with Crippen LogP contribution in [0.15, 0.2) is 45.6 Å². The lowest BCUT2D eigenvalue weighted by atomic mass is 9.91. The number of fused-ring (bicyclic) bond motifs is 3. The second kappa shape index (κ2) is 9.44. The summed E-state index contributed by atoms with van der Waals surface area (Å²) >= 11 is 0. The number of amides is 1. The number of aliphatic carboxylic acids is 1. The number of methoxy groups -OCH3 is 1. The predicted molar refractivity (Wildman–Crippen MR) is 130 cm³/mol. The van der Waals surface area contributed by atoms with Gasteiger partial charge < -0.3 is 24.3 Å². The monoisotopic (exact) mass is 479 g/mol. The van der Waals surface area contributed by atoms with Crippen LogP contribution in [0.5, 0.6) is 11.5 Å². The molecule has 3 aromatic rings. The fourth-order valence-electron chi connectivity index (χ4n) is 4.50. The van der Waals surface area contributed by atoms with Crippen LogP contribution in [0.2, 0.25) is 0 Å². The van der Waals surface area contributed by atoms with Crippen LogP contribution in [-0.4, -0.2) is 35.7 Å². The van der Waals surface area contributed by atoms with Crippen molar-refractivity contribution in [1.29, 1.82) is 0 Å². The zero-order valence-electron chi connectivity index (χ0n) is 20.3. The van der Waals surface area contributed by atoms with E-state index in [0.29, 0.717) is 34.5 Å². The van der Waals surface area contributed by atoms with Crippen LogP contribution < -0.4 is 20.4 Å². The molecule has 0 saturated heterocycles. The standard InChI is InChI=1S/C27H29NO7/c1-15-18(13-22(29)28-19(25(30)31)12-16-8-6-5-7-9-16)26(32)34-24-17-10-11-27(2,3)35-20(17)14-21(33-4)23(15)24/h5-9,14,19H,10-13H2,1-4H3,(H,28,29)(H,30,31). The van der Waals surface area contributed by atoms with E-state index < -0.39 is 23.5 Å². The molecule has 184 valence electrons. The van der Waals surface area contributed by atoms with E-state index >= 15 is 0 Å². The number of hydrogen-bond acceptors (Lipinski definition) is 6. The van der Waals surface area contributed by atoms with Gasteiger partial charge in [0.25, 0.3) is 0 Å². The van der Waals surface area contributed by atoms with Crippen LogP contribution in [-0.2, 0) is 28.9 Å². The molecule has 0 aliphatic carbocycles. The molecule has 1 atom stereocenters. The fourth-order valence-corrected chi connectivity index (χ4v) is 4.50. The molecule has 0 radical (unpaired) electrons. The summed E-state index contributed by atoms with van der Waals surface area (Å²) in [5.74, 6) is -0.638. The van der Waals surface area contributed by atoms with Crippen LogP contribution >= 0.6 is 0 Å². The molecule has 2 heterocycles. The van der Waals surface area contributed by atoms with E-state index in [9.17, 15) is 19.5 Å². The molecule has 1 aromatic heterocycles. The van der Waals surface area contributed by atoms with Gasteiger partial charge in [-0.3, -0.25) is 4.79 Å². The molecular formula is C27H29NO7. The summed E-state index contributed by atoms with van der Waals surface area (Å²) in [7, 11) is 1.52. The van der Waals surface area contributed by atoms with Crippen molar-refractivity contribution in [2.24, 2.45) is 0 Å². The molecule has 4 rings (SSSR count). The largest absolute Gasteiger partial charge is 0.496 e. The van der Waals surface area contributed by atoms with Crippen LogP contribution in [0.1, 0.15) is 42.5 Å².